The lowest BCUT2D eigenvalue weighted by molar-refractivity contribution is 0.668. The molecule has 0 unspecified atom stereocenters. The van der Waals surface area contributed by atoms with Crippen molar-refractivity contribution in [3.63, 3.8) is 0 Å². The van der Waals surface area contributed by atoms with Crippen molar-refractivity contribution in [2.24, 2.45) is 0 Å². The third-order valence-electron chi connectivity index (χ3n) is 11.6. The molecule has 2 aromatic heterocycles. The van der Waals surface area contributed by atoms with Crippen LogP contribution in [0, 0.1) is 0 Å². The Labute approximate surface area is 328 Å². The molecule has 0 aliphatic rings. The highest BCUT2D eigenvalue weighted by Gasteiger charge is 2.22. The van der Waals surface area contributed by atoms with Crippen LogP contribution < -0.4 is 4.90 Å². The van der Waals surface area contributed by atoms with Crippen LogP contribution in [0.2, 0.25) is 0 Å². The summed E-state index contributed by atoms with van der Waals surface area (Å²) in [6.45, 7) is 0. The Morgan fingerprint density at radius 2 is 0.912 bits per heavy atom. The van der Waals surface area contributed by atoms with E-state index in [-0.39, 0.29) is 0 Å². The zero-order valence-electron chi connectivity index (χ0n) is 30.8. The summed E-state index contributed by atoms with van der Waals surface area (Å²) in [5, 5.41) is 11.7. The summed E-state index contributed by atoms with van der Waals surface area (Å²) < 4.78 is 13.0. The number of nitrogens with zero attached hydrogens (tertiary/aromatic N) is 1. The molecule has 2 heterocycles. The van der Waals surface area contributed by atoms with Crippen LogP contribution in [0.15, 0.2) is 209 Å². The minimum Gasteiger partial charge on any atom is -0.456 e. The molecule has 0 spiro atoms. The van der Waals surface area contributed by atoms with Crippen molar-refractivity contribution in [1.82, 2.24) is 0 Å². The standard InChI is InChI=1S/C54H33NO2/c1-2-11-35(12-3-1)46-33-52-53(43-15-6-8-18-49(43)57-52)47-32-40(29-30-42(46)47)55(48-17-10-20-51-54(48)44-16-7-9-19-50(44)56-51)39-27-25-34(26-28-39)38-24-23-37-22-21-36-13-4-5-14-41(36)45(37)31-38/h1-33H. The molecule has 12 aromatic rings. The minimum atomic E-state index is 0.856. The van der Waals surface area contributed by atoms with Crippen molar-refractivity contribution >= 4 is 93.3 Å². The molecule has 3 nitrogen and oxygen atoms in total. The van der Waals surface area contributed by atoms with E-state index in [9.17, 15) is 0 Å². The second-order valence-corrected chi connectivity index (χ2v) is 14.8. The number of fused-ring (bicyclic) bond motifs is 11. The van der Waals surface area contributed by atoms with Crippen molar-refractivity contribution in [1.29, 1.82) is 0 Å². The maximum absolute atomic E-state index is 6.57. The fourth-order valence-corrected chi connectivity index (χ4v) is 8.98. The molecule has 0 saturated carbocycles. The molecule has 57 heavy (non-hydrogen) atoms. The van der Waals surface area contributed by atoms with Gasteiger partial charge in [0, 0.05) is 27.5 Å². The highest BCUT2D eigenvalue weighted by atomic mass is 16.3. The van der Waals surface area contributed by atoms with Gasteiger partial charge in [0.15, 0.2) is 0 Å². The minimum absolute atomic E-state index is 0.856. The summed E-state index contributed by atoms with van der Waals surface area (Å²) in [5.41, 5.74) is 11.3. The molecule has 0 amide bonds. The Hall–Kier alpha value is -7.62. The number of hydrogen-bond acceptors (Lipinski definition) is 3. The van der Waals surface area contributed by atoms with E-state index in [0.717, 1.165) is 83.0 Å². The average molecular weight is 728 g/mol. The van der Waals surface area contributed by atoms with E-state index < -0.39 is 0 Å². The molecule has 0 aliphatic carbocycles. The summed E-state index contributed by atoms with van der Waals surface area (Å²) >= 11 is 0. The monoisotopic (exact) mass is 727 g/mol. The first kappa shape index (κ1) is 31.7. The van der Waals surface area contributed by atoms with Gasteiger partial charge in [0.25, 0.3) is 0 Å². The first-order chi connectivity index (χ1) is 28.2. The van der Waals surface area contributed by atoms with E-state index in [2.05, 4.69) is 187 Å². The van der Waals surface area contributed by atoms with Gasteiger partial charge in [0.05, 0.1) is 11.1 Å². The SMILES string of the molecule is c1ccc(-c2cc3oc4ccccc4c3c3cc(N(c4ccc(-c5ccc6ccc7ccccc7c6c5)cc4)c4cccc5oc6ccccc6c45)ccc23)cc1. The Morgan fingerprint density at radius 1 is 0.298 bits per heavy atom. The van der Waals surface area contributed by atoms with Crippen LogP contribution in [0.25, 0.3) is 98.4 Å². The zero-order chi connectivity index (χ0) is 37.5. The summed E-state index contributed by atoms with van der Waals surface area (Å²) in [6.07, 6.45) is 0. The molecule has 10 aromatic carbocycles. The van der Waals surface area contributed by atoms with Gasteiger partial charge in [-0.2, -0.15) is 0 Å². The predicted molar refractivity (Wildman–Crippen MR) is 239 cm³/mol. The number of anilines is 3. The Morgan fingerprint density at radius 3 is 1.72 bits per heavy atom. The molecule has 3 heteroatoms. The van der Waals surface area contributed by atoms with Gasteiger partial charge in [-0.15, -0.1) is 0 Å². The lowest BCUT2D eigenvalue weighted by atomic mass is 9.94. The van der Waals surface area contributed by atoms with E-state index in [0.29, 0.717) is 0 Å². The van der Waals surface area contributed by atoms with E-state index in [1.54, 1.807) is 0 Å². The smallest absolute Gasteiger partial charge is 0.137 e. The van der Waals surface area contributed by atoms with Gasteiger partial charge >= 0.3 is 0 Å². The highest BCUT2D eigenvalue weighted by Crippen LogP contribution is 2.46. The fourth-order valence-electron chi connectivity index (χ4n) is 8.98. The topological polar surface area (TPSA) is 29.5 Å². The second-order valence-electron chi connectivity index (χ2n) is 14.8. The number of hydrogen-bond donors (Lipinski definition) is 0. The molecule has 0 N–H and O–H groups in total. The Kier molecular flexibility index (Phi) is 6.93. The average Bonchev–Trinajstić information content (AvgIpc) is 3.86. The quantitative estimate of drug-likeness (QED) is 0.165. The van der Waals surface area contributed by atoms with E-state index in [1.165, 1.54) is 32.5 Å². The Balaban J connectivity index is 1.09. The van der Waals surface area contributed by atoms with Crippen LogP contribution >= 0.6 is 0 Å². The van der Waals surface area contributed by atoms with Crippen LogP contribution in [0.1, 0.15) is 0 Å². The molecule has 0 fully saturated rings. The van der Waals surface area contributed by atoms with Crippen LogP contribution in [-0.2, 0) is 0 Å². The lowest BCUT2D eigenvalue weighted by Crippen LogP contribution is -2.10. The van der Waals surface area contributed by atoms with Crippen LogP contribution in [0.3, 0.4) is 0 Å². The first-order valence-corrected chi connectivity index (χ1v) is 19.4. The summed E-state index contributed by atoms with van der Waals surface area (Å²) in [7, 11) is 0. The molecule has 0 saturated heterocycles. The van der Waals surface area contributed by atoms with Crippen molar-refractivity contribution in [3.8, 4) is 22.3 Å². The second kappa shape index (κ2) is 12.5. The predicted octanol–water partition coefficient (Wildman–Crippen LogP) is 15.7. The van der Waals surface area contributed by atoms with Crippen molar-refractivity contribution in [3.05, 3.63) is 200 Å². The van der Waals surface area contributed by atoms with Crippen LogP contribution in [-0.4, -0.2) is 0 Å². The summed E-state index contributed by atoms with van der Waals surface area (Å²) in [4.78, 5) is 2.38. The van der Waals surface area contributed by atoms with Crippen molar-refractivity contribution < 1.29 is 8.83 Å². The lowest BCUT2D eigenvalue weighted by Gasteiger charge is -2.27. The third-order valence-corrected chi connectivity index (χ3v) is 11.6. The maximum atomic E-state index is 6.57. The molecular formula is C54H33NO2. The van der Waals surface area contributed by atoms with Gasteiger partial charge in [-0.25, -0.2) is 0 Å². The van der Waals surface area contributed by atoms with Gasteiger partial charge in [-0.3, -0.25) is 0 Å². The van der Waals surface area contributed by atoms with E-state index in [1.807, 2.05) is 18.2 Å². The molecule has 0 radical (unpaired) electrons. The van der Waals surface area contributed by atoms with Crippen LogP contribution in [0.4, 0.5) is 17.1 Å². The zero-order valence-corrected chi connectivity index (χ0v) is 30.8. The van der Waals surface area contributed by atoms with E-state index >= 15 is 0 Å². The number of benzene rings is 10. The highest BCUT2D eigenvalue weighted by molar-refractivity contribution is 6.23. The normalized spacial score (nSPS) is 11.9. The molecule has 12 rings (SSSR count). The Bertz CT molecular complexity index is 3520. The molecule has 0 atom stereocenters. The number of rotatable bonds is 5. The van der Waals surface area contributed by atoms with Crippen LogP contribution in [0.5, 0.6) is 0 Å². The molecule has 0 aliphatic heterocycles. The molecular weight excluding hydrogens is 695 g/mol. The van der Waals surface area contributed by atoms with Crippen molar-refractivity contribution in [2.75, 3.05) is 4.90 Å². The van der Waals surface area contributed by atoms with Gasteiger partial charge in [0.2, 0.25) is 0 Å². The molecule has 266 valence electrons. The van der Waals surface area contributed by atoms with Gasteiger partial charge < -0.3 is 13.7 Å². The number of para-hydroxylation sites is 2. The van der Waals surface area contributed by atoms with E-state index in [4.69, 9.17) is 8.83 Å². The van der Waals surface area contributed by atoms with Gasteiger partial charge in [0.1, 0.15) is 22.3 Å². The fraction of sp³-hybridized carbons (Fsp3) is 0. The summed E-state index contributed by atoms with van der Waals surface area (Å²) in [5.74, 6) is 0. The van der Waals surface area contributed by atoms with Gasteiger partial charge in [-0.1, -0.05) is 140 Å². The summed E-state index contributed by atoms with van der Waals surface area (Å²) in [6, 6.07) is 71.6. The number of furan rings is 2. The van der Waals surface area contributed by atoms with Gasteiger partial charge in [-0.05, 0) is 115 Å². The first-order valence-electron chi connectivity index (χ1n) is 19.4. The largest absolute Gasteiger partial charge is 0.456 e. The third kappa shape index (κ3) is 4.99. The maximum Gasteiger partial charge on any atom is 0.137 e. The van der Waals surface area contributed by atoms with Crippen molar-refractivity contribution in [2.45, 2.75) is 0 Å². The molecule has 0 bridgehead atoms.